The van der Waals surface area contributed by atoms with Crippen molar-refractivity contribution in [3.05, 3.63) is 77.1 Å². The van der Waals surface area contributed by atoms with Gasteiger partial charge >= 0.3 is 5.97 Å². The van der Waals surface area contributed by atoms with Crippen molar-refractivity contribution >= 4 is 23.4 Å². The molecule has 3 heterocycles. The molecule has 1 unspecified atom stereocenters. The van der Waals surface area contributed by atoms with Gasteiger partial charge in [-0.1, -0.05) is 32.9 Å². The molecule has 0 radical (unpaired) electrons. The number of piperidine rings is 1. The molecule has 5 rings (SSSR count). The third-order valence-corrected chi connectivity index (χ3v) is 8.61. The number of pyridine rings is 2. The molecule has 1 aromatic carbocycles. The highest BCUT2D eigenvalue weighted by molar-refractivity contribution is 6.09. The first-order valence-electron chi connectivity index (χ1n) is 15.9. The highest BCUT2D eigenvalue weighted by atomic mass is 16.5. The van der Waals surface area contributed by atoms with Crippen LogP contribution in [-0.4, -0.2) is 53.2 Å². The van der Waals surface area contributed by atoms with Crippen molar-refractivity contribution in [3.8, 4) is 5.88 Å². The van der Waals surface area contributed by atoms with Crippen LogP contribution in [0, 0.1) is 31.1 Å². The number of hydrogen-bond donors (Lipinski definition) is 1. The summed E-state index contributed by atoms with van der Waals surface area (Å²) < 4.78 is 6.16. The molecule has 3 aromatic rings. The molecular weight excluding hydrogens is 552 g/mol. The van der Waals surface area contributed by atoms with Gasteiger partial charge in [0.2, 0.25) is 5.88 Å². The van der Waals surface area contributed by atoms with E-state index in [4.69, 9.17) is 9.72 Å². The largest absolute Gasteiger partial charge is 0.481 e. The minimum Gasteiger partial charge on any atom is -0.481 e. The van der Waals surface area contributed by atoms with E-state index in [2.05, 4.69) is 43.6 Å². The van der Waals surface area contributed by atoms with Gasteiger partial charge < -0.3 is 14.7 Å². The van der Waals surface area contributed by atoms with Crippen LogP contribution >= 0.6 is 0 Å². The highest BCUT2D eigenvalue weighted by Gasteiger charge is 2.34. The lowest BCUT2D eigenvalue weighted by molar-refractivity contribution is -0.137. The summed E-state index contributed by atoms with van der Waals surface area (Å²) >= 11 is 0. The predicted octanol–water partition coefficient (Wildman–Crippen LogP) is 7.05. The number of carbonyl (C=O) groups is 2. The first kappa shape index (κ1) is 31.5. The topological polar surface area (TPSA) is 95.9 Å². The van der Waals surface area contributed by atoms with E-state index in [0.717, 1.165) is 61.3 Å². The van der Waals surface area contributed by atoms with Crippen LogP contribution in [-0.2, 0) is 4.79 Å². The molecule has 1 saturated heterocycles. The number of amides is 1. The molecule has 0 bridgehead atoms. The Morgan fingerprint density at radius 1 is 1.05 bits per heavy atom. The van der Waals surface area contributed by atoms with Crippen molar-refractivity contribution in [2.75, 3.05) is 36.0 Å². The van der Waals surface area contributed by atoms with Gasteiger partial charge in [0, 0.05) is 43.3 Å². The van der Waals surface area contributed by atoms with Crippen LogP contribution in [0.4, 0.5) is 11.5 Å². The summed E-state index contributed by atoms with van der Waals surface area (Å²) in [6.07, 6.45) is 5.93. The fourth-order valence-electron chi connectivity index (χ4n) is 6.16. The number of anilines is 2. The number of aryl methyl sites for hydroxylation is 2. The Bertz CT molecular complexity index is 1470. The zero-order chi connectivity index (χ0) is 31.4. The first-order chi connectivity index (χ1) is 21.0. The Labute approximate surface area is 261 Å². The number of carboxylic acids is 1. The average Bonchev–Trinajstić information content (AvgIpc) is 3.83. The average molecular weight is 599 g/mol. The summed E-state index contributed by atoms with van der Waals surface area (Å²) in [6, 6.07) is 15.8. The summed E-state index contributed by atoms with van der Waals surface area (Å²) in [6.45, 7) is 13.2. The normalized spacial score (nSPS) is 16.4. The molecule has 1 atom stereocenters. The van der Waals surface area contributed by atoms with Gasteiger partial charge in [0.1, 0.15) is 5.82 Å². The van der Waals surface area contributed by atoms with Crippen LogP contribution in [0.2, 0.25) is 0 Å². The van der Waals surface area contributed by atoms with E-state index < -0.39 is 5.97 Å². The van der Waals surface area contributed by atoms with E-state index in [9.17, 15) is 14.7 Å². The number of aromatic nitrogens is 2. The molecule has 8 nitrogen and oxygen atoms in total. The number of benzene rings is 1. The van der Waals surface area contributed by atoms with Crippen molar-refractivity contribution in [2.45, 2.75) is 72.6 Å². The molecule has 0 spiro atoms. The first-order valence-corrected chi connectivity index (χ1v) is 15.9. The number of ether oxygens (including phenoxy) is 1. The molecule has 2 aliphatic rings. The Kier molecular flexibility index (Phi) is 9.56. The molecule has 1 amide bonds. The molecule has 1 aliphatic carbocycles. The van der Waals surface area contributed by atoms with E-state index in [1.54, 1.807) is 6.20 Å². The fourth-order valence-corrected chi connectivity index (χ4v) is 6.16. The van der Waals surface area contributed by atoms with Gasteiger partial charge in [0.15, 0.2) is 0 Å². The number of rotatable bonds is 11. The van der Waals surface area contributed by atoms with Crippen molar-refractivity contribution in [1.82, 2.24) is 9.97 Å². The van der Waals surface area contributed by atoms with Gasteiger partial charge in [-0.05, 0) is 104 Å². The van der Waals surface area contributed by atoms with Gasteiger partial charge in [-0.2, -0.15) is 0 Å². The molecule has 2 fully saturated rings. The number of aliphatic carboxylic acids is 1. The van der Waals surface area contributed by atoms with E-state index in [-0.39, 0.29) is 23.7 Å². The molecule has 1 N–H and O–H groups in total. The summed E-state index contributed by atoms with van der Waals surface area (Å²) in [4.78, 5) is 38.9. The quantitative estimate of drug-likeness (QED) is 0.253. The number of nitrogens with zero attached hydrogens (tertiary/aromatic N) is 4. The Hall–Kier alpha value is -3.94. The number of carboxylic acid groups (broad SMARTS) is 1. The third kappa shape index (κ3) is 8.16. The maximum atomic E-state index is 14.2. The molecule has 1 saturated carbocycles. The summed E-state index contributed by atoms with van der Waals surface area (Å²) in [5.74, 6) is 1.28. The second-order valence-electron chi connectivity index (χ2n) is 13.8. The Morgan fingerprint density at radius 3 is 2.45 bits per heavy atom. The maximum Gasteiger partial charge on any atom is 0.303 e. The minimum atomic E-state index is -0.764. The molecule has 234 valence electrons. The zero-order valence-corrected chi connectivity index (χ0v) is 26.8. The minimum absolute atomic E-state index is 0.0216. The molecular formula is C36H46N4O4. The lowest BCUT2D eigenvalue weighted by Gasteiger charge is -2.36. The van der Waals surface area contributed by atoms with Crippen molar-refractivity contribution in [3.63, 3.8) is 0 Å². The van der Waals surface area contributed by atoms with Gasteiger partial charge in [0.05, 0.1) is 18.6 Å². The Morgan fingerprint density at radius 2 is 1.80 bits per heavy atom. The third-order valence-electron chi connectivity index (χ3n) is 8.61. The molecule has 2 aromatic heterocycles. The van der Waals surface area contributed by atoms with E-state index in [1.165, 1.54) is 0 Å². The van der Waals surface area contributed by atoms with Gasteiger partial charge in [-0.25, -0.2) is 9.97 Å². The van der Waals surface area contributed by atoms with Gasteiger partial charge in [-0.3, -0.25) is 14.5 Å². The van der Waals surface area contributed by atoms with Crippen LogP contribution in [0.1, 0.15) is 86.0 Å². The second-order valence-corrected chi connectivity index (χ2v) is 13.8. The lowest BCUT2D eigenvalue weighted by Crippen LogP contribution is -2.41. The summed E-state index contributed by atoms with van der Waals surface area (Å²) in [7, 11) is 0. The van der Waals surface area contributed by atoms with Crippen molar-refractivity contribution in [2.24, 2.45) is 17.3 Å². The van der Waals surface area contributed by atoms with E-state index in [1.807, 2.05) is 54.3 Å². The van der Waals surface area contributed by atoms with Crippen LogP contribution in [0.25, 0.3) is 0 Å². The van der Waals surface area contributed by atoms with Gasteiger partial charge in [-0.15, -0.1) is 0 Å². The Balaban J connectivity index is 1.26. The smallest absolute Gasteiger partial charge is 0.303 e. The zero-order valence-electron chi connectivity index (χ0n) is 26.8. The molecule has 44 heavy (non-hydrogen) atoms. The highest BCUT2D eigenvalue weighted by Crippen LogP contribution is 2.45. The number of carbonyl (C=O) groups excluding carboxylic acids is 1. The standard InChI is InChI=1S/C36H46N4O4/c1-24-9-12-29(35(43)40(23-36(3,4)5)32-8-6-7-25(2)38-32)31(19-24)39-17-14-26(15-18-39)22-44-33-20-28(13-16-37-33)30(21-34(41)42)27-10-11-27/h6-9,12-13,16,19-20,26-27,30H,10-11,14-15,17-18,21-23H2,1-5H3,(H,41,42). The lowest BCUT2D eigenvalue weighted by atomic mass is 9.92. The fraction of sp³-hybridized carbons (Fsp3) is 0.500. The van der Waals surface area contributed by atoms with Crippen LogP contribution in [0.3, 0.4) is 0 Å². The van der Waals surface area contributed by atoms with E-state index in [0.29, 0.717) is 42.2 Å². The summed E-state index contributed by atoms with van der Waals surface area (Å²) in [5.41, 5.74) is 4.58. The second kappa shape index (κ2) is 13.4. The molecule has 8 heteroatoms. The molecule has 1 aliphatic heterocycles. The van der Waals surface area contributed by atoms with Crippen LogP contribution in [0.5, 0.6) is 5.88 Å². The number of hydrogen-bond acceptors (Lipinski definition) is 6. The summed E-state index contributed by atoms with van der Waals surface area (Å²) in [5, 5.41) is 9.39. The van der Waals surface area contributed by atoms with Crippen LogP contribution in [0.15, 0.2) is 54.7 Å². The monoisotopic (exact) mass is 598 g/mol. The van der Waals surface area contributed by atoms with Crippen molar-refractivity contribution < 1.29 is 19.4 Å². The predicted molar refractivity (Wildman–Crippen MR) is 174 cm³/mol. The van der Waals surface area contributed by atoms with Gasteiger partial charge in [0.25, 0.3) is 5.91 Å². The SMILES string of the molecule is Cc1ccc(C(=O)N(CC(C)(C)C)c2cccc(C)n2)c(N2CCC(COc3cc(C(CC(=O)O)C4CC4)ccn3)CC2)c1. The van der Waals surface area contributed by atoms with Crippen LogP contribution < -0.4 is 14.5 Å². The van der Waals surface area contributed by atoms with E-state index >= 15 is 0 Å². The maximum absolute atomic E-state index is 14.2. The van der Waals surface area contributed by atoms with Crippen molar-refractivity contribution in [1.29, 1.82) is 0 Å².